The van der Waals surface area contributed by atoms with Crippen LogP contribution in [0.4, 0.5) is 17.1 Å². The number of aromatic nitrogens is 2. The molecule has 0 spiro atoms. The van der Waals surface area contributed by atoms with Crippen LogP contribution < -0.4 is 10.6 Å². The molecule has 32 heavy (non-hydrogen) atoms. The van der Waals surface area contributed by atoms with Crippen LogP contribution in [0, 0.1) is 24.0 Å². The standard InChI is InChI=1S/C21H19Cl2N5O4/c1-11-8-12(2)27(26-11)13(3)20(29)25-19-7-4-14(9-18(19)23)24-21(30)16-10-15(28(31)32)5-6-17(16)22/h4-10,13H,1-3H3,(H,24,30)(H,25,29). The SMILES string of the molecule is Cc1cc(C)n(C(C)C(=O)Nc2ccc(NC(=O)c3cc([N+](=O)[O-])ccc3Cl)cc2Cl)n1. The van der Waals surface area contributed by atoms with E-state index in [-0.39, 0.29) is 27.2 Å². The van der Waals surface area contributed by atoms with Crippen LogP contribution in [-0.2, 0) is 4.79 Å². The molecular formula is C21H19Cl2N5O4. The van der Waals surface area contributed by atoms with Crippen molar-refractivity contribution in [3.05, 3.63) is 79.6 Å². The number of amides is 2. The highest BCUT2D eigenvalue weighted by Crippen LogP contribution is 2.28. The molecule has 2 N–H and O–H groups in total. The molecule has 1 atom stereocenters. The number of hydrogen-bond donors (Lipinski definition) is 2. The molecule has 0 fully saturated rings. The predicted molar refractivity (Wildman–Crippen MR) is 123 cm³/mol. The van der Waals surface area contributed by atoms with Gasteiger partial charge in [-0.25, -0.2) is 0 Å². The van der Waals surface area contributed by atoms with E-state index in [2.05, 4.69) is 15.7 Å². The Kier molecular flexibility index (Phi) is 6.81. The number of hydrogen-bond acceptors (Lipinski definition) is 5. The first-order valence-electron chi connectivity index (χ1n) is 9.45. The van der Waals surface area contributed by atoms with Crippen molar-refractivity contribution >= 4 is 52.1 Å². The van der Waals surface area contributed by atoms with E-state index in [0.717, 1.165) is 17.5 Å². The fourth-order valence-corrected chi connectivity index (χ4v) is 3.51. The van der Waals surface area contributed by atoms with E-state index in [1.165, 1.54) is 18.2 Å². The lowest BCUT2D eigenvalue weighted by atomic mass is 10.1. The average molecular weight is 476 g/mol. The number of benzene rings is 2. The summed E-state index contributed by atoms with van der Waals surface area (Å²) in [6.07, 6.45) is 0. The molecule has 166 valence electrons. The van der Waals surface area contributed by atoms with Gasteiger partial charge in [-0.05, 0) is 51.1 Å². The van der Waals surface area contributed by atoms with Crippen molar-refractivity contribution < 1.29 is 14.5 Å². The molecule has 1 unspecified atom stereocenters. The Morgan fingerprint density at radius 1 is 1.06 bits per heavy atom. The second-order valence-corrected chi connectivity index (χ2v) is 7.92. The van der Waals surface area contributed by atoms with Gasteiger partial charge in [-0.15, -0.1) is 0 Å². The summed E-state index contributed by atoms with van der Waals surface area (Å²) in [4.78, 5) is 35.5. The van der Waals surface area contributed by atoms with Crippen molar-refractivity contribution in [2.45, 2.75) is 26.8 Å². The maximum Gasteiger partial charge on any atom is 0.270 e. The molecule has 0 saturated carbocycles. The summed E-state index contributed by atoms with van der Waals surface area (Å²) in [6, 6.07) is 9.43. The third kappa shape index (κ3) is 5.06. The molecule has 0 bridgehead atoms. The summed E-state index contributed by atoms with van der Waals surface area (Å²) in [5, 5.41) is 20.9. The minimum absolute atomic E-state index is 0.0481. The van der Waals surface area contributed by atoms with E-state index in [4.69, 9.17) is 23.2 Å². The molecule has 2 amide bonds. The van der Waals surface area contributed by atoms with Gasteiger partial charge in [0.05, 0.1) is 31.9 Å². The van der Waals surface area contributed by atoms with Crippen molar-refractivity contribution in [2.75, 3.05) is 10.6 Å². The fourth-order valence-electron chi connectivity index (χ4n) is 3.08. The monoisotopic (exact) mass is 475 g/mol. The van der Waals surface area contributed by atoms with E-state index in [1.54, 1.807) is 23.7 Å². The molecule has 0 aliphatic heterocycles. The van der Waals surface area contributed by atoms with Gasteiger partial charge in [0.15, 0.2) is 0 Å². The summed E-state index contributed by atoms with van der Waals surface area (Å²) in [5.41, 5.74) is 2.04. The summed E-state index contributed by atoms with van der Waals surface area (Å²) in [6.45, 7) is 5.43. The molecule has 1 aromatic heterocycles. The smallest absolute Gasteiger partial charge is 0.270 e. The Hall–Kier alpha value is -3.43. The summed E-state index contributed by atoms with van der Waals surface area (Å²) in [5.74, 6) is -0.942. The number of nitrogens with zero attached hydrogens (tertiary/aromatic N) is 3. The van der Waals surface area contributed by atoms with Gasteiger partial charge in [-0.1, -0.05) is 23.2 Å². The number of carbonyl (C=O) groups excluding carboxylic acids is 2. The Balaban J connectivity index is 1.73. The molecule has 0 radical (unpaired) electrons. The zero-order chi connectivity index (χ0) is 23.6. The molecule has 3 aromatic rings. The number of nitro groups is 1. The van der Waals surface area contributed by atoms with Crippen molar-refractivity contribution in [1.82, 2.24) is 9.78 Å². The normalized spacial score (nSPS) is 11.7. The Labute approximate surface area is 193 Å². The number of anilines is 2. The van der Waals surface area contributed by atoms with Gasteiger partial charge in [-0.3, -0.25) is 24.4 Å². The van der Waals surface area contributed by atoms with Crippen molar-refractivity contribution in [2.24, 2.45) is 0 Å². The van der Waals surface area contributed by atoms with E-state index >= 15 is 0 Å². The highest BCUT2D eigenvalue weighted by Gasteiger charge is 2.20. The maximum absolute atomic E-state index is 12.6. The number of rotatable bonds is 6. The van der Waals surface area contributed by atoms with Crippen LogP contribution in [0.15, 0.2) is 42.5 Å². The van der Waals surface area contributed by atoms with Gasteiger partial charge in [-0.2, -0.15) is 5.10 Å². The maximum atomic E-state index is 12.6. The molecule has 11 heteroatoms. The second-order valence-electron chi connectivity index (χ2n) is 7.11. The van der Waals surface area contributed by atoms with Crippen molar-refractivity contribution in [3.63, 3.8) is 0 Å². The lowest BCUT2D eigenvalue weighted by Gasteiger charge is -2.16. The molecular weight excluding hydrogens is 457 g/mol. The van der Waals surface area contributed by atoms with Gasteiger partial charge in [0.2, 0.25) is 5.91 Å². The van der Waals surface area contributed by atoms with E-state index in [0.29, 0.717) is 11.4 Å². The Bertz CT molecular complexity index is 1220. The summed E-state index contributed by atoms with van der Waals surface area (Å²) in [7, 11) is 0. The summed E-state index contributed by atoms with van der Waals surface area (Å²) >= 11 is 12.3. The van der Waals surface area contributed by atoms with Crippen LogP contribution in [0.25, 0.3) is 0 Å². The number of nitro benzene ring substituents is 1. The predicted octanol–water partition coefficient (Wildman–Crippen LogP) is 5.17. The van der Waals surface area contributed by atoms with E-state index < -0.39 is 16.9 Å². The minimum atomic E-state index is -0.635. The van der Waals surface area contributed by atoms with Gasteiger partial charge >= 0.3 is 0 Å². The zero-order valence-corrected chi connectivity index (χ0v) is 18.9. The van der Waals surface area contributed by atoms with Crippen molar-refractivity contribution in [3.8, 4) is 0 Å². The first-order valence-corrected chi connectivity index (χ1v) is 10.2. The lowest BCUT2D eigenvalue weighted by Crippen LogP contribution is -2.25. The number of nitrogens with one attached hydrogen (secondary N) is 2. The first-order chi connectivity index (χ1) is 15.1. The Morgan fingerprint density at radius 3 is 2.38 bits per heavy atom. The highest BCUT2D eigenvalue weighted by molar-refractivity contribution is 6.35. The van der Waals surface area contributed by atoms with Crippen LogP contribution in [0.2, 0.25) is 10.0 Å². The minimum Gasteiger partial charge on any atom is -0.323 e. The zero-order valence-electron chi connectivity index (χ0n) is 17.3. The third-order valence-electron chi connectivity index (χ3n) is 4.68. The topological polar surface area (TPSA) is 119 Å². The van der Waals surface area contributed by atoms with Crippen LogP contribution in [-0.4, -0.2) is 26.5 Å². The van der Waals surface area contributed by atoms with Gasteiger partial charge in [0, 0.05) is 23.5 Å². The molecule has 9 nitrogen and oxygen atoms in total. The highest BCUT2D eigenvalue weighted by atomic mass is 35.5. The largest absolute Gasteiger partial charge is 0.323 e. The van der Waals surface area contributed by atoms with Crippen LogP contribution in [0.3, 0.4) is 0 Å². The van der Waals surface area contributed by atoms with Crippen LogP contribution >= 0.6 is 23.2 Å². The fraction of sp³-hybridized carbons (Fsp3) is 0.190. The second kappa shape index (κ2) is 9.37. The molecule has 1 heterocycles. The van der Waals surface area contributed by atoms with Crippen LogP contribution in [0.1, 0.15) is 34.7 Å². The van der Waals surface area contributed by atoms with Gasteiger partial charge in [0.1, 0.15) is 6.04 Å². The van der Waals surface area contributed by atoms with Gasteiger partial charge in [0.25, 0.3) is 11.6 Å². The number of halogens is 2. The molecule has 0 aliphatic carbocycles. The number of carbonyl (C=O) groups is 2. The molecule has 2 aromatic carbocycles. The van der Waals surface area contributed by atoms with E-state index in [9.17, 15) is 19.7 Å². The van der Waals surface area contributed by atoms with Crippen LogP contribution in [0.5, 0.6) is 0 Å². The third-order valence-corrected chi connectivity index (χ3v) is 5.32. The van der Waals surface area contributed by atoms with Crippen molar-refractivity contribution in [1.29, 1.82) is 0 Å². The lowest BCUT2D eigenvalue weighted by molar-refractivity contribution is -0.384. The molecule has 0 saturated heterocycles. The Morgan fingerprint density at radius 2 is 1.78 bits per heavy atom. The first kappa shape index (κ1) is 23.2. The number of aryl methyl sites for hydroxylation is 2. The quantitative estimate of drug-likeness (QED) is 0.376. The molecule has 0 aliphatic rings. The molecule has 3 rings (SSSR count). The number of non-ortho nitro benzene ring substituents is 1. The summed E-state index contributed by atoms with van der Waals surface area (Å²) < 4.78 is 1.62. The van der Waals surface area contributed by atoms with Gasteiger partial charge < -0.3 is 10.6 Å². The average Bonchev–Trinajstić information content (AvgIpc) is 3.07. The van der Waals surface area contributed by atoms with E-state index in [1.807, 2.05) is 19.9 Å².